The van der Waals surface area contributed by atoms with Gasteiger partial charge in [0.2, 0.25) is 5.88 Å². The van der Waals surface area contributed by atoms with Crippen LogP contribution < -0.4 is 10.2 Å². The Bertz CT molecular complexity index is 1230. The lowest BCUT2D eigenvalue weighted by molar-refractivity contribution is 0.415. The highest BCUT2D eigenvalue weighted by molar-refractivity contribution is 5.57. The van der Waals surface area contributed by atoms with Crippen molar-refractivity contribution in [3.63, 3.8) is 0 Å². The summed E-state index contributed by atoms with van der Waals surface area (Å²) in [7, 11) is 0. The summed E-state index contributed by atoms with van der Waals surface area (Å²) in [4.78, 5) is 4.52. The molecule has 0 fully saturated rings. The van der Waals surface area contributed by atoms with Crippen LogP contribution in [-0.2, 0) is 6.54 Å². The maximum absolute atomic E-state index is 9.91. The Morgan fingerprint density at radius 2 is 1.69 bits per heavy atom. The highest BCUT2D eigenvalue weighted by Gasteiger charge is 2.32. The minimum atomic E-state index is -0.196. The molecule has 5 nitrogen and oxygen atoms in total. The van der Waals surface area contributed by atoms with E-state index in [4.69, 9.17) is 10.1 Å². The summed E-state index contributed by atoms with van der Waals surface area (Å²) >= 11 is 0. The largest absolute Gasteiger partial charge is 0.508 e. The van der Waals surface area contributed by atoms with Crippen molar-refractivity contribution in [3.8, 4) is 17.4 Å². The third-order valence-corrected chi connectivity index (χ3v) is 5.22. The molecule has 4 aromatic rings. The van der Waals surface area contributed by atoms with E-state index in [2.05, 4.69) is 4.98 Å². The Labute approximate surface area is 168 Å². The van der Waals surface area contributed by atoms with Gasteiger partial charge < -0.3 is 14.4 Å². The summed E-state index contributed by atoms with van der Waals surface area (Å²) in [6.07, 6.45) is 1.64. The molecule has 3 aromatic carbocycles. The number of aromatic nitrogens is 2. The van der Waals surface area contributed by atoms with E-state index in [1.165, 1.54) is 0 Å². The lowest BCUT2D eigenvalue weighted by Crippen LogP contribution is -2.30. The molecule has 1 aromatic heterocycles. The van der Waals surface area contributed by atoms with Crippen molar-refractivity contribution in [3.05, 3.63) is 113 Å². The summed E-state index contributed by atoms with van der Waals surface area (Å²) in [6.45, 7) is 0.559. The molecule has 1 atom stereocenters. The number of nitrogens with zero attached hydrogens (tertiary/aromatic N) is 2. The van der Waals surface area contributed by atoms with Crippen molar-refractivity contribution in [2.24, 2.45) is 0 Å². The lowest BCUT2D eigenvalue weighted by Gasteiger charge is -2.28. The Balaban J connectivity index is 1.69. The molecule has 29 heavy (non-hydrogen) atoms. The zero-order valence-corrected chi connectivity index (χ0v) is 15.6. The number of fused-ring (bicyclic) bond motifs is 2. The zero-order valence-electron chi connectivity index (χ0n) is 15.6. The second-order valence-electron chi connectivity index (χ2n) is 7.09. The normalized spacial score (nSPS) is 14.6. The van der Waals surface area contributed by atoms with Crippen LogP contribution in [0.1, 0.15) is 28.2 Å². The van der Waals surface area contributed by atoms with Crippen molar-refractivity contribution in [2.75, 3.05) is 0 Å². The molecule has 0 bridgehead atoms. The fourth-order valence-corrected chi connectivity index (χ4v) is 3.85. The fraction of sp³-hybridized carbons (Fsp3) is 0.0833. The second-order valence-corrected chi connectivity index (χ2v) is 7.09. The maximum atomic E-state index is 9.91. The molecular weight excluding hydrogens is 362 g/mol. The van der Waals surface area contributed by atoms with Gasteiger partial charge in [0.15, 0.2) is 0 Å². The van der Waals surface area contributed by atoms with Crippen LogP contribution in [0.4, 0.5) is 0 Å². The molecule has 1 aliphatic rings. The highest BCUT2D eigenvalue weighted by Crippen LogP contribution is 2.45. The molecule has 0 radical (unpaired) electrons. The van der Waals surface area contributed by atoms with Crippen LogP contribution in [-0.4, -0.2) is 14.7 Å². The monoisotopic (exact) mass is 381 g/mol. The van der Waals surface area contributed by atoms with Crippen molar-refractivity contribution in [2.45, 2.75) is 12.5 Å². The first-order valence-corrected chi connectivity index (χ1v) is 9.44. The summed E-state index contributed by atoms with van der Waals surface area (Å²) in [6, 6.07) is 25.2. The van der Waals surface area contributed by atoms with E-state index in [1.807, 2.05) is 71.3 Å². The molecule has 0 saturated heterocycles. The van der Waals surface area contributed by atoms with Gasteiger partial charge in [0.05, 0.1) is 12.1 Å². The molecule has 5 heteroatoms. The van der Waals surface area contributed by atoms with Crippen LogP contribution in [0.15, 0.2) is 85.2 Å². The van der Waals surface area contributed by atoms with E-state index in [-0.39, 0.29) is 11.7 Å². The van der Waals surface area contributed by atoms with Gasteiger partial charge in [-0.05, 0) is 17.2 Å². The Morgan fingerprint density at radius 3 is 2.45 bits per heavy atom. The van der Waals surface area contributed by atoms with Gasteiger partial charge in [-0.3, -0.25) is 5.41 Å². The van der Waals surface area contributed by atoms with Gasteiger partial charge in [-0.2, -0.15) is 0 Å². The number of aromatic hydroxyl groups is 1. The summed E-state index contributed by atoms with van der Waals surface area (Å²) < 4.78 is 7.82. The van der Waals surface area contributed by atoms with Crippen LogP contribution in [0.25, 0.3) is 0 Å². The smallest absolute Gasteiger partial charge is 0.228 e. The molecule has 0 aliphatic carbocycles. The van der Waals surface area contributed by atoms with Gasteiger partial charge >= 0.3 is 0 Å². The summed E-state index contributed by atoms with van der Waals surface area (Å²) in [5.74, 6) is 0.921. The first kappa shape index (κ1) is 17.3. The van der Waals surface area contributed by atoms with Crippen LogP contribution in [0, 0.1) is 5.41 Å². The Hall–Kier alpha value is -3.86. The quantitative estimate of drug-likeness (QED) is 0.486. The number of ether oxygens (including phenoxy) is 1. The number of benzene rings is 3. The predicted octanol–water partition coefficient (Wildman–Crippen LogP) is 4.40. The first-order valence-electron chi connectivity index (χ1n) is 9.44. The Morgan fingerprint density at radius 1 is 0.966 bits per heavy atom. The van der Waals surface area contributed by atoms with Crippen molar-refractivity contribution < 1.29 is 9.84 Å². The van der Waals surface area contributed by atoms with Crippen LogP contribution in [0.2, 0.25) is 0 Å². The lowest BCUT2D eigenvalue weighted by atomic mass is 9.84. The number of nitrogens with one attached hydrogen (secondary N) is 1. The van der Waals surface area contributed by atoms with Gasteiger partial charge in [-0.25, -0.2) is 4.98 Å². The van der Waals surface area contributed by atoms with E-state index in [1.54, 1.807) is 18.5 Å². The number of phenolic OH excluding ortho intramolecular Hbond substituents is 1. The Kier molecular flexibility index (Phi) is 4.13. The van der Waals surface area contributed by atoms with Crippen molar-refractivity contribution in [1.82, 2.24) is 9.55 Å². The van der Waals surface area contributed by atoms with Crippen LogP contribution in [0.5, 0.6) is 17.4 Å². The fourth-order valence-electron chi connectivity index (χ4n) is 3.85. The third kappa shape index (κ3) is 3.06. The first-order chi connectivity index (χ1) is 14.2. The molecular formula is C24H19N3O2. The molecule has 0 unspecified atom stereocenters. The van der Waals surface area contributed by atoms with Gasteiger partial charge in [0.1, 0.15) is 23.3 Å². The highest BCUT2D eigenvalue weighted by atomic mass is 16.5. The van der Waals surface area contributed by atoms with Gasteiger partial charge in [0.25, 0.3) is 0 Å². The topological polar surface area (TPSA) is 71.1 Å². The van der Waals surface area contributed by atoms with Crippen LogP contribution in [0.3, 0.4) is 0 Å². The number of hydrogen-bond donors (Lipinski definition) is 2. The van der Waals surface area contributed by atoms with Gasteiger partial charge in [0, 0.05) is 17.5 Å². The number of rotatable bonds is 3. The molecule has 142 valence electrons. The molecule has 0 saturated carbocycles. The predicted molar refractivity (Wildman–Crippen MR) is 109 cm³/mol. The minimum Gasteiger partial charge on any atom is -0.508 e. The minimum absolute atomic E-state index is 0.139. The summed E-state index contributed by atoms with van der Waals surface area (Å²) in [5, 5.41) is 18.8. The van der Waals surface area contributed by atoms with E-state index < -0.39 is 0 Å². The average molecular weight is 381 g/mol. The molecule has 5 rings (SSSR count). The zero-order chi connectivity index (χ0) is 19.8. The van der Waals surface area contributed by atoms with Gasteiger partial charge in [-0.1, -0.05) is 66.7 Å². The van der Waals surface area contributed by atoms with E-state index in [0.717, 1.165) is 22.3 Å². The van der Waals surface area contributed by atoms with Crippen molar-refractivity contribution in [1.29, 1.82) is 5.41 Å². The average Bonchev–Trinajstić information content (AvgIpc) is 2.75. The standard InChI is InChI=1S/C24H19N3O2/c25-23-22-21(17-9-5-2-6-10-17)19-12-11-18(28)13-20(19)29-24(22)26-15-27(23)14-16-7-3-1-4-8-16/h1-13,15,21,25,28H,14H2/t21-/m0/s1. The second kappa shape index (κ2) is 6.95. The van der Waals surface area contributed by atoms with E-state index >= 15 is 0 Å². The summed E-state index contributed by atoms with van der Waals surface area (Å²) in [5.41, 5.74) is 4.16. The molecule has 2 heterocycles. The number of hydrogen-bond acceptors (Lipinski definition) is 4. The molecule has 2 N–H and O–H groups in total. The van der Waals surface area contributed by atoms with E-state index in [0.29, 0.717) is 23.7 Å². The molecule has 0 spiro atoms. The molecule has 0 amide bonds. The van der Waals surface area contributed by atoms with E-state index in [9.17, 15) is 5.11 Å². The molecule has 1 aliphatic heterocycles. The maximum Gasteiger partial charge on any atom is 0.228 e. The van der Waals surface area contributed by atoms with Gasteiger partial charge in [-0.15, -0.1) is 0 Å². The van der Waals surface area contributed by atoms with Crippen LogP contribution >= 0.6 is 0 Å². The third-order valence-electron chi connectivity index (χ3n) is 5.22. The van der Waals surface area contributed by atoms with Crippen molar-refractivity contribution >= 4 is 0 Å². The SMILES string of the molecule is N=c1c2c(ncn1Cc1ccccc1)Oc1cc(O)ccc1[C@@H]2c1ccccc1. The number of phenols is 1.